The number of rotatable bonds is 9. The van der Waals surface area contributed by atoms with Crippen LogP contribution < -0.4 is 5.32 Å². The van der Waals surface area contributed by atoms with Crippen molar-refractivity contribution in [3.05, 3.63) is 34.3 Å². The molecule has 0 radical (unpaired) electrons. The van der Waals surface area contributed by atoms with Gasteiger partial charge in [-0.2, -0.15) is 11.8 Å². The molecular formula is C15H24BrNS. The van der Waals surface area contributed by atoms with Crippen molar-refractivity contribution in [2.24, 2.45) is 0 Å². The lowest BCUT2D eigenvalue weighted by molar-refractivity contribution is 0.537. The van der Waals surface area contributed by atoms with Gasteiger partial charge in [0.1, 0.15) is 0 Å². The first kappa shape index (κ1) is 16.1. The molecule has 0 aliphatic rings. The van der Waals surface area contributed by atoms with Crippen LogP contribution in [0.1, 0.15) is 44.2 Å². The second kappa shape index (κ2) is 9.88. The number of halogens is 1. The summed E-state index contributed by atoms with van der Waals surface area (Å²) in [5.41, 5.74) is 1.36. The first-order valence-corrected chi connectivity index (χ1v) is 8.90. The second-order valence-electron chi connectivity index (χ2n) is 4.63. The Labute approximate surface area is 124 Å². The molecule has 18 heavy (non-hydrogen) atoms. The van der Waals surface area contributed by atoms with Gasteiger partial charge in [0.2, 0.25) is 0 Å². The van der Waals surface area contributed by atoms with Crippen LogP contribution in [-0.4, -0.2) is 18.6 Å². The monoisotopic (exact) mass is 329 g/mol. The summed E-state index contributed by atoms with van der Waals surface area (Å²) in [6.07, 6.45) is 7.55. The fraction of sp³-hybridized carbons (Fsp3) is 0.600. The van der Waals surface area contributed by atoms with Gasteiger partial charge < -0.3 is 5.32 Å². The van der Waals surface area contributed by atoms with Gasteiger partial charge in [-0.3, -0.25) is 0 Å². The van der Waals surface area contributed by atoms with E-state index in [1.54, 1.807) is 0 Å². The van der Waals surface area contributed by atoms with E-state index in [-0.39, 0.29) is 0 Å². The molecule has 1 unspecified atom stereocenters. The van der Waals surface area contributed by atoms with E-state index in [0.29, 0.717) is 6.04 Å². The highest BCUT2D eigenvalue weighted by atomic mass is 79.9. The van der Waals surface area contributed by atoms with Crippen molar-refractivity contribution in [2.75, 3.05) is 18.6 Å². The van der Waals surface area contributed by atoms with Crippen LogP contribution in [0.2, 0.25) is 0 Å². The molecule has 0 amide bonds. The van der Waals surface area contributed by atoms with Gasteiger partial charge in [-0.1, -0.05) is 40.9 Å². The quantitative estimate of drug-likeness (QED) is 0.638. The third-order valence-electron chi connectivity index (χ3n) is 3.10. The molecule has 0 saturated carbocycles. The zero-order chi connectivity index (χ0) is 13.2. The molecule has 0 fully saturated rings. The van der Waals surface area contributed by atoms with E-state index in [9.17, 15) is 0 Å². The number of hydrogen-bond acceptors (Lipinski definition) is 2. The Morgan fingerprint density at radius 2 is 1.78 bits per heavy atom. The van der Waals surface area contributed by atoms with Crippen LogP contribution in [-0.2, 0) is 0 Å². The summed E-state index contributed by atoms with van der Waals surface area (Å²) in [5.74, 6) is 1.31. The topological polar surface area (TPSA) is 12.0 Å². The van der Waals surface area contributed by atoms with Gasteiger partial charge in [0.05, 0.1) is 0 Å². The maximum absolute atomic E-state index is 3.59. The molecule has 1 atom stereocenters. The van der Waals surface area contributed by atoms with Gasteiger partial charge in [-0.15, -0.1) is 0 Å². The van der Waals surface area contributed by atoms with E-state index < -0.39 is 0 Å². The van der Waals surface area contributed by atoms with E-state index in [0.717, 1.165) is 11.0 Å². The highest BCUT2D eigenvalue weighted by molar-refractivity contribution is 9.10. The molecule has 1 aromatic rings. The highest BCUT2D eigenvalue weighted by Gasteiger charge is 2.03. The zero-order valence-electron chi connectivity index (χ0n) is 11.4. The Kier molecular flexibility index (Phi) is 8.82. The molecule has 0 heterocycles. The van der Waals surface area contributed by atoms with Gasteiger partial charge in [0.15, 0.2) is 0 Å². The Morgan fingerprint density at radius 3 is 2.44 bits per heavy atom. The van der Waals surface area contributed by atoms with Crippen LogP contribution in [0.4, 0.5) is 0 Å². The fourth-order valence-electron chi connectivity index (χ4n) is 1.91. The average Bonchev–Trinajstić information content (AvgIpc) is 2.38. The summed E-state index contributed by atoms with van der Waals surface area (Å²) < 4.78 is 1.15. The Morgan fingerprint density at radius 1 is 1.11 bits per heavy atom. The summed E-state index contributed by atoms with van der Waals surface area (Å²) >= 11 is 5.42. The Hall–Kier alpha value is 0.01000. The minimum Gasteiger partial charge on any atom is -0.310 e. The largest absolute Gasteiger partial charge is 0.310 e. The molecule has 1 aromatic carbocycles. The van der Waals surface area contributed by atoms with E-state index >= 15 is 0 Å². The van der Waals surface area contributed by atoms with Crippen LogP contribution in [0.3, 0.4) is 0 Å². The summed E-state index contributed by atoms with van der Waals surface area (Å²) in [5, 5.41) is 3.59. The van der Waals surface area contributed by atoms with Crippen molar-refractivity contribution in [1.82, 2.24) is 5.32 Å². The lowest BCUT2D eigenvalue weighted by Gasteiger charge is -2.14. The maximum atomic E-state index is 3.59. The molecule has 0 aromatic heterocycles. The lowest BCUT2D eigenvalue weighted by Crippen LogP contribution is -2.19. The van der Waals surface area contributed by atoms with Gasteiger partial charge in [0, 0.05) is 10.5 Å². The molecule has 0 saturated heterocycles. The molecule has 1 N–H and O–H groups in total. The molecule has 0 spiro atoms. The molecule has 0 bridgehead atoms. The highest BCUT2D eigenvalue weighted by Crippen LogP contribution is 2.16. The van der Waals surface area contributed by atoms with Crippen molar-refractivity contribution < 1.29 is 0 Å². The van der Waals surface area contributed by atoms with Crippen LogP contribution in [0.25, 0.3) is 0 Å². The molecule has 1 nitrogen and oxygen atoms in total. The Bertz CT molecular complexity index is 313. The van der Waals surface area contributed by atoms with E-state index in [4.69, 9.17) is 0 Å². The van der Waals surface area contributed by atoms with Crippen molar-refractivity contribution in [3.8, 4) is 0 Å². The van der Waals surface area contributed by atoms with Gasteiger partial charge >= 0.3 is 0 Å². The fourth-order valence-corrected chi connectivity index (χ4v) is 2.67. The molecule has 0 aliphatic carbocycles. The van der Waals surface area contributed by atoms with Crippen LogP contribution in [0.5, 0.6) is 0 Å². The molecule has 102 valence electrons. The number of nitrogens with one attached hydrogen (secondary N) is 1. The summed E-state index contributed by atoms with van der Waals surface area (Å²) in [7, 11) is 0. The minimum absolute atomic E-state index is 0.448. The van der Waals surface area contributed by atoms with Gasteiger partial charge in [-0.05, 0) is 56.0 Å². The smallest absolute Gasteiger partial charge is 0.0291 e. The molecular weight excluding hydrogens is 306 g/mol. The first-order chi connectivity index (χ1) is 8.74. The summed E-state index contributed by atoms with van der Waals surface area (Å²) in [6, 6.07) is 9.02. The summed E-state index contributed by atoms with van der Waals surface area (Å²) in [4.78, 5) is 0. The van der Waals surface area contributed by atoms with E-state index in [1.807, 2.05) is 11.8 Å². The van der Waals surface area contributed by atoms with Crippen molar-refractivity contribution in [1.29, 1.82) is 0 Å². The number of unbranched alkanes of at least 4 members (excludes halogenated alkanes) is 3. The molecule has 3 heteroatoms. The van der Waals surface area contributed by atoms with Crippen molar-refractivity contribution in [2.45, 2.75) is 38.6 Å². The second-order valence-corrected chi connectivity index (χ2v) is 6.54. The minimum atomic E-state index is 0.448. The number of hydrogen-bond donors (Lipinski definition) is 1. The normalized spacial score (nSPS) is 12.6. The van der Waals surface area contributed by atoms with E-state index in [1.165, 1.54) is 37.0 Å². The first-order valence-electron chi connectivity index (χ1n) is 6.72. The predicted octanol–water partition coefficient (Wildman–Crippen LogP) is 5.02. The average molecular weight is 330 g/mol. The van der Waals surface area contributed by atoms with Crippen LogP contribution >= 0.6 is 27.7 Å². The van der Waals surface area contributed by atoms with Gasteiger partial charge in [0.25, 0.3) is 0 Å². The zero-order valence-corrected chi connectivity index (χ0v) is 13.8. The SMILES string of the molecule is CSCCCCCCNC(C)c1ccc(Br)cc1. The Balaban J connectivity index is 2.10. The van der Waals surface area contributed by atoms with Crippen LogP contribution in [0, 0.1) is 0 Å². The van der Waals surface area contributed by atoms with E-state index in [2.05, 4.69) is 58.7 Å². The van der Waals surface area contributed by atoms with Gasteiger partial charge in [-0.25, -0.2) is 0 Å². The molecule has 1 rings (SSSR count). The molecule has 0 aliphatic heterocycles. The lowest BCUT2D eigenvalue weighted by atomic mass is 10.1. The third-order valence-corrected chi connectivity index (χ3v) is 4.32. The summed E-state index contributed by atoms with van der Waals surface area (Å²) in [6.45, 7) is 3.35. The van der Waals surface area contributed by atoms with Crippen LogP contribution in [0.15, 0.2) is 28.7 Å². The number of benzene rings is 1. The standard InChI is InChI=1S/C15H24BrNS/c1-13(14-7-9-15(16)10-8-14)17-11-5-3-4-6-12-18-2/h7-10,13,17H,3-6,11-12H2,1-2H3. The maximum Gasteiger partial charge on any atom is 0.0291 e. The van der Waals surface area contributed by atoms with Crippen molar-refractivity contribution >= 4 is 27.7 Å². The van der Waals surface area contributed by atoms with Crippen molar-refractivity contribution in [3.63, 3.8) is 0 Å². The predicted molar refractivity (Wildman–Crippen MR) is 87.4 cm³/mol. The number of thioether (sulfide) groups is 1. The third kappa shape index (κ3) is 6.81.